The molecule has 168 valence electrons. The number of nitrogens with zero attached hydrogens (tertiary/aromatic N) is 1. The summed E-state index contributed by atoms with van der Waals surface area (Å²) in [5.74, 6) is 1.88. The smallest absolute Gasteiger partial charge is 0.308 e. The van der Waals surface area contributed by atoms with E-state index in [1.807, 2.05) is 35.3 Å². The van der Waals surface area contributed by atoms with Crippen LogP contribution in [0, 0.1) is 0 Å². The number of benzene rings is 2. The number of hydrogen-bond donors (Lipinski definition) is 1. The monoisotopic (exact) mass is 437 g/mol. The number of hydrogen-bond acceptors (Lipinski definition) is 6. The third kappa shape index (κ3) is 7.19. The molecule has 2 heterocycles. The van der Waals surface area contributed by atoms with E-state index in [4.69, 9.17) is 19.3 Å². The quantitative estimate of drug-likeness (QED) is 0.332. The van der Waals surface area contributed by atoms with Crippen molar-refractivity contribution in [2.24, 2.45) is 0 Å². The number of fused-ring (bicyclic) bond motifs is 1. The molecule has 1 saturated heterocycles. The molecule has 2 aromatic carbocycles. The number of likely N-dealkylation sites (tertiary alicyclic amines) is 1. The predicted molar refractivity (Wildman–Crippen MR) is 121 cm³/mol. The predicted octanol–water partition coefficient (Wildman–Crippen LogP) is 4.31. The van der Waals surface area contributed by atoms with Crippen LogP contribution in [-0.4, -0.2) is 41.8 Å². The van der Waals surface area contributed by atoms with Crippen LogP contribution in [0.2, 0.25) is 0 Å². The molecule has 0 aliphatic carbocycles. The summed E-state index contributed by atoms with van der Waals surface area (Å²) in [6, 6.07) is 11.7. The van der Waals surface area contributed by atoms with Crippen molar-refractivity contribution in [3.63, 3.8) is 0 Å². The summed E-state index contributed by atoms with van der Waals surface area (Å²) < 4.78 is 15.3. The molecule has 0 unspecified atom stereocenters. The normalized spacial score (nSPS) is 14.8. The van der Waals surface area contributed by atoms with Crippen molar-refractivity contribution in [3.8, 4) is 23.0 Å². The highest BCUT2D eigenvalue weighted by atomic mass is 16.7. The molecule has 0 saturated carbocycles. The maximum absolute atomic E-state index is 11.9. The van der Waals surface area contributed by atoms with Crippen LogP contribution in [0.25, 0.3) is 6.08 Å². The van der Waals surface area contributed by atoms with Gasteiger partial charge in [0.05, 0.1) is 0 Å². The minimum absolute atomic E-state index is 0.102. The maximum atomic E-state index is 11.9. The third-order valence-corrected chi connectivity index (χ3v) is 4.80. The van der Waals surface area contributed by atoms with Crippen molar-refractivity contribution in [1.29, 1.82) is 0 Å². The highest BCUT2D eigenvalue weighted by Gasteiger charge is 2.13. The molecular formula is C25H27NO6. The molecule has 1 amide bonds. The van der Waals surface area contributed by atoms with E-state index in [1.54, 1.807) is 12.2 Å². The lowest BCUT2D eigenvalue weighted by Crippen LogP contribution is -2.34. The molecular weight excluding hydrogens is 410 g/mol. The lowest BCUT2D eigenvalue weighted by Gasteiger charge is -2.25. The number of phenolic OH excluding ortho intramolecular Hbond substituents is 1. The largest absolute Gasteiger partial charge is 0.508 e. The van der Waals surface area contributed by atoms with Gasteiger partial charge in [0.15, 0.2) is 11.5 Å². The highest BCUT2D eigenvalue weighted by Crippen LogP contribution is 2.32. The van der Waals surface area contributed by atoms with Gasteiger partial charge in [-0.2, -0.15) is 0 Å². The fraction of sp³-hybridized carbons (Fsp3) is 0.280. The van der Waals surface area contributed by atoms with Crippen LogP contribution in [0.1, 0.15) is 31.7 Å². The first-order valence-corrected chi connectivity index (χ1v) is 10.5. The Balaban J connectivity index is 0.000000222. The van der Waals surface area contributed by atoms with Gasteiger partial charge in [-0.15, -0.1) is 0 Å². The SMILES string of the molecule is CC(=O)Oc1ccc(O)cc1.O=C(C=CC=Cc1ccc2c(c1)OCO2)N1CCCCC1. The van der Waals surface area contributed by atoms with Gasteiger partial charge in [0, 0.05) is 26.1 Å². The average molecular weight is 437 g/mol. The number of carbonyl (C=O) groups excluding carboxylic acids is 2. The zero-order valence-corrected chi connectivity index (χ0v) is 18.0. The van der Waals surface area contributed by atoms with Gasteiger partial charge in [0.1, 0.15) is 11.5 Å². The number of aromatic hydroxyl groups is 1. The van der Waals surface area contributed by atoms with Crippen LogP contribution in [0.15, 0.2) is 60.7 Å². The molecule has 4 rings (SSSR count). The molecule has 0 spiro atoms. The molecule has 2 aliphatic rings. The number of piperidine rings is 1. The van der Waals surface area contributed by atoms with Gasteiger partial charge >= 0.3 is 5.97 Å². The van der Waals surface area contributed by atoms with Crippen LogP contribution in [-0.2, 0) is 9.59 Å². The number of carbonyl (C=O) groups is 2. The van der Waals surface area contributed by atoms with Gasteiger partial charge in [-0.25, -0.2) is 0 Å². The van der Waals surface area contributed by atoms with Gasteiger partial charge < -0.3 is 24.2 Å². The second kappa shape index (κ2) is 11.6. The third-order valence-electron chi connectivity index (χ3n) is 4.80. The van der Waals surface area contributed by atoms with Crippen LogP contribution >= 0.6 is 0 Å². The number of ether oxygens (including phenoxy) is 3. The zero-order valence-electron chi connectivity index (χ0n) is 18.0. The number of phenols is 1. The van der Waals surface area contributed by atoms with E-state index < -0.39 is 0 Å². The average Bonchev–Trinajstić information content (AvgIpc) is 3.27. The highest BCUT2D eigenvalue weighted by molar-refractivity contribution is 5.88. The van der Waals surface area contributed by atoms with E-state index >= 15 is 0 Å². The molecule has 1 fully saturated rings. The fourth-order valence-electron chi connectivity index (χ4n) is 3.22. The van der Waals surface area contributed by atoms with Crippen molar-refractivity contribution < 1.29 is 28.9 Å². The molecule has 7 heteroatoms. The molecule has 7 nitrogen and oxygen atoms in total. The fourth-order valence-corrected chi connectivity index (χ4v) is 3.22. The second-order valence-corrected chi connectivity index (χ2v) is 7.30. The minimum atomic E-state index is -0.365. The number of allylic oxidation sites excluding steroid dienone is 2. The second-order valence-electron chi connectivity index (χ2n) is 7.30. The van der Waals surface area contributed by atoms with E-state index in [0.29, 0.717) is 5.75 Å². The van der Waals surface area contributed by atoms with Crippen molar-refractivity contribution in [2.75, 3.05) is 19.9 Å². The Bertz CT molecular complexity index is 974. The Morgan fingerprint density at radius 3 is 2.41 bits per heavy atom. The van der Waals surface area contributed by atoms with Crippen LogP contribution in [0.4, 0.5) is 0 Å². The summed E-state index contributed by atoms with van der Waals surface area (Å²) in [4.78, 5) is 24.3. The minimum Gasteiger partial charge on any atom is -0.508 e. The molecule has 32 heavy (non-hydrogen) atoms. The number of amides is 1. The molecule has 2 aromatic rings. The van der Waals surface area contributed by atoms with Gasteiger partial charge in [-0.05, 0) is 61.2 Å². The van der Waals surface area contributed by atoms with Crippen LogP contribution in [0.3, 0.4) is 0 Å². The van der Waals surface area contributed by atoms with Gasteiger partial charge in [-0.3, -0.25) is 9.59 Å². The van der Waals surface area contributed by atoms with Crippen molar-refractivity contribution in [2.45, 2.75) is 26.2 Å². The Kier molecular flexibility index (Phi) is 8.31. The first kappa shape index (κ1) is 22.9. The molecule has 0 radical (unpaired) electrons. The molecule has 0 bridgehead atoms. The summed E-state index contributed by atoms with van der Waals surface area (Å²) in [6.45, 7) is 3.38. The standard InChI is InChI=1S/C17H19NO3.C8H8O3/c19-17(18-10-4-1-5-11-18)7-3-2-6-14-8-9-15-16(12-14)21-13-20-15;1-6(9)11-8-4-2-7(10)3-5-8/h2-3,6-9,12H,1,4-5,10-11,13H2;2-5,10H,1H3. The van der Waals surface area contributed by atoms with E-state index in [0.717, 1.165) is 43.0 Å². The Morgan fingerprint density at radius 1 is 0.969 bits per heavy atom. The van der Waals surface area contributed by atoms with Gasteiger partial charge in [0.2, 0.25) is 12.7 Å². The Labute approximate surface area is 187 Å². The first-order chi connectivity index (χ1) is 15.5. The molecule has 0 aromatic heterocycles. The Hall–Kier alpha value is -3.74. The summed E-state index contributed by atoms with van der Waals surface area (Å²) >= 11 is 0. The molecule has 1 N–H and O–H groups in total. The van der Waals surface area contributed by atoms with Crippen LogP contribution < -0.4 is 14.2 Å². The number of rotatable bonds is 4. The van der Waals surface area contributed by atoms with Gasteiger partial charge in [-0.1, -0.05) is 24.3 Å². The topological polar surface area (TPSA) is 85.3 Å². The zero-order chi connectivity index (χ0) is 22.8. The van der Waals surface area contributed by atoms with Crippen molar-refractivity contribution in [1.82, 2.24) is 4.90 Å². The van der Waals surface area contributed by atoms with Crippen molar-refractivity contribution in [3.05, 3.63) is 66.3 Å². The van der Waals surface area contributed by atoms with E-state index in [1.165, 1.54) is 37.6 Å². The van der Waals surface area contributed by atoms with E-state index in [2.05, 4.69) is 0 Å². The summed E-state index contributed by atoms with van der Waals surface area (Å²) in [5.41, 5.74) is 1.02. The molecule has 0 atom stereocenters. The van der Waals surface area contributed by atoms with E-state index in [-0.39, 0.29) is 24.4 Å². The lowest BCUT2D eigenvalue weighted by atomic mass is 10.1. The maximum Gasteiger partial charge on any atom is 0.308 e. The van der Waals surface area contributed by atoms with E-state index in [9.17, 15) is 9.59 Å². The summed E-state index contributed by atoms with van der Waals surface area (Å²) in [7, 11) is 0. The van der Waals surface area contributed by atoms with Gasteiger partial charge in [0.25, 0.3) is 0 Å². The van der Waals surface area contributed by atoms with Crippen molar-refractivity contribution >= 4 is 18.0 Å². The number of esters is 1. The summed E-state index contributed by atoms with van der Waals surface area (Å²) in [5, 5.41) is 8.85. The molecule has 2 aliphatic heterocycles. The lowest BCUT2D eigenvalue weighted by molar-refractivity contribution is -0.132. The van der Waals surface area contributed by atoms with Crippen LogP contribution in [0.5, 0.6) is 23.0 Å². The first-order valence-electron chi connectivity index (χ1n) is 10.5. The Morgan fingerprint density at radius 2 is 1.69 bits per heavy atom. The summed E-state index contributed by atoms with van der Waals surface area (Å²) in [6.07, 6.45) is 10.7.